The van der Waals surface area contributed by atoms with E-state index in [9.17, 15) is 4.79 Å². The third-order valence-electron chi connectivity index (χ3n) is 6.92. The molecule has 0 bridgehead atoms. The lowest BCUT2D eigenvalue weighted by atomic mass is 10.1. The standard InChI is InChI=1S/C27H33N5O2/c1-34-24-11-9-23(10-12-24)32-21-25(26(28-32)22-7-3-2-4-8-22)27(33)31-19-17-30(18-20-31)16-15-29-13-5-6-14-29/h2-4,7-12,21H,5-6,13-20H2,1H3. The highest BCUT2D eigenvalue weighted by Crippen LogP contribution is 2.26. The summed E-state index contributed by atoms with van der Waals surface area (Å²) < 4.78 is 7.07. The van der Waals surface area contributed by atoms with Crippen LogP contribution in [0, 0.1) is 0 Å². The number of aromatic nitrogens is 2. The van der Waals surface area contributed by atoms with Crippen LogP contribution in [0.25, 0.3) is 16.9 Å². The van der Waals surface area contributed by atoms with Crippen LogP contribution in [0.2, 0.25) is 0 Å². The van der Waals surface area contributed by atoms with Crippen molar-refractivity contribution in [1.29, 1.82) is 0 Å². The summed E-state index contributed by atoms with van der Waals surface area (Å²) in [7, 11) is 1.65. The highest BCUT2D eigenvalue weighted by atomic mass is 16.5. The molecule has 0 N–H and O–H groups in total. The van der Waals surface area contributed by atoms with Crippen LogP contribution in [0.15, 0.2) is 60.8 Å². The topological polar surface area (TPSA) is 53.8 Å². The van der Waals surface area contributed by atoms with Crippen molar-refractivity contribution >= 4 is 5.91 Å². The van der Waals surface area contributed by atoms with Gasteiger partial charge in [-0.15, -0.1) is 0 Å². The van der Waals surface area contributed by atoms with Crippen molar-refractivity contribution in [3.8, 4) is 22.7 Å². The number of hydrogen-bond acceptors (Lipinski definition) is 5. The lowest BCUT2D eigenvalue weighted by Crippen LogP contribution is -2.50. The normalized spacial score (nSPS) is 17.3. The summed E-state index contributed by atoms with van der Waals surface area (Å²) in [6.07, 6.45) is 4.53. The Hall–Kier alpha value is -3.16. The second-order valence-corrected chi connectivity index (χ2v) is 9.08. The fourth-order valence-electron chi connectivity index (χ4n) is 4.84. The number of benzene rings is 2. The van der Waals surface area contributed by atoms with Crippen LogP contribution in [-0.2, 0) is 0 Å². The highest BCUT2D eigenvalue weighted by Gasteiger charge is 2.27. The van der Waals surface area contributed by atoms with Gasteiger partial charge < -0.3 is 14.5 Å². The maximum atomic E-state index is 13.6. The number of methoxy groups -OCH3 is 1. The molecule has 2 fully saturated rings. The summed E-state index contributed by atoms with van der Waals surface area (Å²) in [4.78, 5) is 20.7. The van der Waals surface area contributed by atoms with Gasteiger partial charge in [0.05, 0.1) is 18.4 Å². The third kappa shape index (κ3) is 5.00. The first-order chi connectivity index (χ1) is 16.7. The summed E-state index contributed by atoms with van der Waals surface area (Å²) in [6, 6.07) is 17.7. The predicted molar refractivity (Wildman–Crippen MR) is 134 cm³/mol. The Bertz CT molecular complexity index is 1080. The fraction of sp³-hybridized carbons (Fsp3) is 0.407. The molecule has 0 spiro atoms. The van der Waals surface area contributed by atoms with Crippen molar-refractivity contribution in [3.63, 3.8) is 0 Å². The number of nitrogens with zero attached hydrogens (tertiary/aromatic N) is 5. The summed E-state index contributed by atoms with van der Waals surface area (Å²) in [5.74, 6) is 0.843. The molecule has 2 aromatic carbocycles. The van der Waals surface area contributed by atoms with Gasteiger partial charge in [0.25, 0.3) is 5.91 Å². The monoisotopic (exact) mass is 459 g/mol. The average Bonchev–Trinajstić information content (AvgIpc) is 3.58. The lowest BCUT2D eigenvalue weighted by Gasteiger charge is -2.35. The summed E-state index contributed by atoms with van der Waals surface area (Å²) in [5, 5.41) is 4.82. The summed E-state index contributed by atoms with van der Waals surface area (Å²) in [5.41, 5.74) is 3.21. The van der Waals surface area contributed by atoms with Gasteiger partial charge in [-0.3, -0.25) is 9.69 Å². The number of hydrogen-bond donors (Lipinski definition) is 0. The van der Waals surface area contributed by atoms with Gasteiger partial charge in [0.1, 0.15) is 11.4 Å². The Kier molecular flexibility index (Phi) is 6.92. The minimum Gasteiger partial charge on any atom is -0.497 e. The Morgan fingerprint density at radius 3 is 2.15 bits per heavy atom. The average molecular weight is 460 g/mol. The van der Waals surface area contributed by atoms with Gasteiger partial charge in [0.2, 0.25) is 0 Å². The Morgan fingerprint density at radius 1 is 0.853 bits per heavy atom. The van der Waals surface area contributed by atoms with Gasteiger partial charge in [-0.2, -0.15) is 5.10 Å². The third-order valence-corrected chi connectivity index (χ3v) is 6.92. The zero-order chi connectivity index (χ0) is 23.3. The van der Waals surface area contributed by atoms with Crippen LogP contribution in [0.5, 0.6) is 5.75 Å². The lowest BCUT2D eigenvalue weighted by molar-refractivity contribution is 0.0627. The number of piperazine rings is 1. The van der Waals surface area contributed by atoms with Crippen LogP contribution in [-0.4, -0.2) is 89.9 Å². The predicted octanol–water partition coefficient (Wildman–Crippen LogP) is 3.40. The largest absolute Gasteiger partial charge is 0.497 e. The molecular weight excluding hydrogens is 426 g/mol. The first-order valence-electron chi connectivity index (χ1n) is 12.2. The maximum absolute atomic E-state index is 13.6. The van der Waals surface area contributed by atoms with Crippen molar-refractivity contribution in [2.24, 2.45) is 0 Å². The van der Waals surface area contributed by atoms with Crippen molar-refractivity contribution < 1.29 is 9.53 Å². The number of rotatable bonds is 7. The molecule has 3 aromatic rings. The van der Waals surface area contributed by atoms with E-state index < -0.39 is 0 Å². The molecule has 3 heterocycles. The van der Waals surface area contributed by atoms with Gasteiger partial charge in [-0.1, -0.05) is 30.3 Å². The Morgan fingerprint density at radius 2 is 1.50 bits per heavy atom. The van der Waals surface area contributed by atoms with Crippen LogP contribution >= 0.6 is 0 Å². The van der Waals surface area contributed by atoms with E-state index >= 15 is 0 Å². The molecule has 178 valence electrons. The molecule has 1 aromatic heterocycles. The van der Waals surface area contributed by atoms with Crippen molar-refractivity contribution in [2.45, 2.75) is 12.8 Å². The first-order valence-corrected chi connectivity index (χ1v) is 12.2. The fourth-order valence-corrected chi connectivity index (χ4v) is 4.84. The molecule has 0 atom stereocenters. The van der Waals surface area contributed by atoms with E-state index in [1.54, 1.807) is 11.8 Å². The van der Waals surface area contributed by atoms with Crippen LogP contribution < -0.4 is 4.74 Å². The zero-order valence-corrected chi connectivity index (χ0v) is 19.9. The molecule has 5 rings (SSSR count). The molecule has 0 unspecified atom stereocenters. The maximum Gasteiger partial charge on any atom is 0.257 e. The van der Waals surface area contributed by atoms with E-state index in [0.29, 0.717) is 5.56 Å². The molecule has 0 saturated carbocycles. The van der Waals surface area contributed by atoms with Crippen LogP contribution in [0.1, 0.15) is 23.2 Å². The molecule has 2 aliphatic heterocycles. The number of likely N-dealkylation sites (tertiary alicyclic amines) is 1. The first kappa shape index (κ1) is 22.6. The molecule has 1 amide bonds. The zero-order valence-electron chi connectivity index (χ0n) is 19.9. The number of ether oxygens (including phenoxy) is 1. The molecule has 2 aliphatic rings. The summed E-state index contributed by atoms with van der Waals surface area (Å²) >= 11 is 0. The van der Waals surface area contributed by atoms with Crippen LogP contribution in [0.4, 0.5) is 0 Å². The van der Waals surface area contributed by atoms with E-state index in [1.165, 1.54) is 25.9 Å². The number of carbonyl (C=O) groups excluding carboxylic acids is 1. The van der Waals surface area contributed by atoms with Gasteiger partial charge in [-0.05, 0) is 50.2 Å². The van der Waals surface area contributed by atoms with Crippen molar-refractivity contribution in [1.82, 2.24) is 24.5 Å². The SMILES string of the molecule is COc1ccc(-n2cc(C(=O)N3CCN(CCN4CCCC4)CC3)c(-c3ccccc3)n2)cc1. The molecule has 7 nitrogen and oxygen atoms in total. The van der Waals surface area contributed by atoms with E-state index in [1.807, 2.05) is 65.7 Å². The molecule has 2 saturated heterocycles. The minimum atomic E-state index is 0.0535. The van der Waals surface area contributed by atoms with E-state index in [2.05, 4.69) is 9.80 Å². The quantitative estimate of drug-likeness (QED) is 0.542. The number of amides is 1. The van der Waals surface area contributed by atoms with Crippen molar-refractivity contribution in [2.75, 3.05) is 59.5 Å². The van der Waals surface area contributed by atoms with E-state index in [4.69, 9.17) is 9.84 Å². The molecule has 7 heteroatoms. The smallest absolute Gasteiger partial charge is 0.257 e. The van der Waals surface area contributed by atoms with Gasteiger partial charge >= 0.3 is 0 Å². The second kappa shape index (κ2) is 10.4. The van der Waals surface area contributed by atoms with Crippen LogP contribution in [0.3, 0.4) is 0 Å². The highest BCUT2D eigenvalue weighted by molar-refractivity contribution is 6.00. The second-order valence-electron chi connectivity index (χ2n) is 9.08. The molecule has 0 radical (unpaired) electrons. The van der Waals surface area contributed by atoms with Gasteiger partial charge in [0.15, 0.2) is 0 Å². The van der Waals surface area contributed by atoms with E-state index in [0.717, 1.165) is 62.0 Å². The van der Waals surface area contributed by atoms with E-state index in [-0.39, 0.29) is 5.91 Å². The Labute approximate surface area is 201 Å². The number of carbonyl (C=O) groups is 1. The minimum absolute atomic E-state index is 0.0535. The Balaban J connectivity index is 1.32. The van der Waals surface area contributed by atoms with Gasteiger partial charge in [0, 0.05) is 51.0 Å². The molecule has 34 heavy (non-hydrogen) atoms. The summed E-state index contributed by atoms with van der Waals surface area (Å²) in [6.45, 7) is 8.05. The van der Waals surface area contributed by atoms with Crippen molar-refractivity contribution in [3.05, 3.63) is 66.4 Å². The van der Waals surface area contributed by atoms with Gasteiger partial charge in [-0.25, -0.2) is 4.68 Å². The molecular formula is C27H33N5O2. The molecule has 0 aliphatic carbocycles.